The highest BCUT2D eigenvalue weighted by Crippen LogP contribution is 2.36. The third-order valence-electron chi connectivity index (χ3n) is 3.56. The van der Waals surface area contributed by atoms with Crippen molar-refractivity contribution in [2.45, 2.75) is 19.9 Å². The molecule has 8 heteroatoms. The second kappa shape index (κ2) is 11.8. The highest BCUT2D eigenvalue weighted by atomic mass is 79.9. The number of halogens is 3. The summed E-state index contributed by atoms with van der Waals surface area (Å²) in [5.74, 6) is 0.235. The first kappa shape index (κ1) is 23.2. The lowest BCUT2D eigenvalue weighted by atomic mass is 10.1. The van der Waals surface area contributed by atoms with E-state index in [0.29, 0.717) is 29.1 Å². The number of primary amides is 1. The van der Waals surface area contributed by atoms with Gasteiger partial charge in [-0.15, -0.1) is 12.4 Å². The number of carbonyl (C=O) groups excluding carboxylic acids is 1. The predicted octanol–water partition coefficient (Wildman–Crippen LogP) is 3.61. The van der Waals surface area contributed by atoms with Crippen LogP contribution in [0.4, 0.5) is 4.39 Å². The summed E-state index contributed by atoms with van der Waals surface area (Å²) in [6.07, 6.45) is 0.805. The molecule has 1 amide bonds. The zero-order chi connectivity index (χ0) is 18.9. The maximum atomic E-state index is 12.9. The van der Waals surface area contributed by atoms with Gasteiger partial charge in [-0.05, 0) is 71.2 Å². The van der Waals surface area contributed by atoms with Gasteiger partial charge in [0.25, 0.3) is 5.91 Å². The van der Waals surface area contributed by atoms with Crippen molar-refractivity contribution in [2.75, 3.05) is 19.8 Å². The molecule has 0 heterocycles. The number of hydrogen-bond acceptors (Lipinski definition) is 4. The van der Waals surface area contributed by atoms with Crippen LogP contribution in [0, 0.1) is 5.82 Å². The van der Waals surface area contributed by atoms with Crippen LogP contribution in [-0.2, 0) is 17.8 Å². The van der Waals surface area contributed by atoms with Crippen molar-refractivity contribution in [2.24, 2.45) is 5.73 Å². The Labute approximate surface area is 173 Å². The van der Waals surface area contributed by atoms with Crippen molar-refractivity contribution in [1.82, 2.24) is 5.32 Å². The van der Waals surface area contributed by atoms with Gasteiger partial charge in [0.2, 0.25) is 0 Å². The lowest BCUT2D eigenvalue weighted by molar-refractivity contribution is -0.119. The zero-order valence-electron chi connectivity index (χ0n) is 15.0. The molecule has 0 aliphatic heterocycles. The van der Waals surface area contributed by atoms with Gasteiger partial charge in [-0.3, -0.25) is 4.79 Å². The molecule has 0 aliphatic rings. The molecule has 0 bridgehead atoms. The van der Waals surface area contributed by atoms with E-state index in [9.17, 15) is 9.18 Å². The average Bonchev–Trinajstić information content (AvgIpc) is 2.59. The molecule has 0 spiro atoms. The predicted molar refractivity (Wildman–Crippen MR) is 109 cm³/mol. The van der Waals surface area contributed by atoms with E-state index in [4.69, 9.17) is 15.2 Å². The van der Waals surface area contributed by atoms with Gasteiger partial charge in [0.05, 0.1) is 11.1 Å². The minimum atomic E-state index is -0.550. The summed E-state index contributed by atoms with van der Waals surface area (Å²) in [5.41, 5.74) is 7.21. The van der Waals surface area contributed by atoms with Gasteiger partial charge in [-0.25, -0.2) is 4.39 Å². The molecular weight excluding hydrogens is 439 g/mol. The number of nitrogens with two attached hydrogens (primary N) is 1. The summed E-state index contributed by atoms with van der Waals surface area (Å²) in [7, 11) is 0. The van der Waals surface area contributed by atoms with Crippen molar-refractivity contribution >= 4 is 34.2 Å². The summed E-state index contributed by atoms with van der Waals surface area (Å²) in [5, 5.41) is 3.35. The van der Waals surface area contributed by atoms with Gasteiger partial charge < -0.3 is 20.5 Å². The SMILES string of the molecule is CCOc1cc(CNCCc2ccc(F)cc2)cc(Br)c1OCC(N)=O.Cl. The Morgan fingerprint density at radius 2 is 1.89 bits per heavy atom. The molecule has 2 aromatic rings. The number of carbonyl (C=O) groups is 1. The fourth-order valence-corrected chi connectivity index (χ4v) is 2.99. The smallest absolute Gasteiger partial charge is 0.255 e. The lowest BCUT2D eigenvalue weighted by Crippen LogP contribution is -2.20. The molecule has 0 radical (unpaired) electrons. The Kier molecular flexibility index (Phi) is 10.1. The van der Waals surface area contributed by atoms with Crippen molar-refractivity contribution in [3.05, 3.63) is 57.8 Å². The van der Waals surface area contributed by atoms with Crippen LogP contribution in [0.3, 0.4) is 0 Å². The molecule has 0 saturated carbocycles. The van der Waals surface area contributed by atoms with Crippen molar-refractivity contribution < 1.29 is 18.7 Å². The van der Waals surface area contributed by atoms with Gasteiger partial charge in [0.1, 0.15) is 5.82 Å². The molecule has 0 aromatic heterocycles. The molecule has 0 unspecified atom stereocenters. The standard InChI is InChI=1S/C19H22BrFN2O3.ClH/c1-2-25-17-10-14(9-16(20)19(17)26-12-18(22)24)11-23-8-7-13-3-5-15(21)6-4-13;/h3-6,9-10,23H,2,7-8,11-12H2,1H3,(H2,22,24);1H. The Morgan fingerprint density at radius 1 is 1.19 bits per heavy atom. The third-order valence-corrected chi connectivity index (χ3v) is 4.15. The van der Waals surface area contributed by atoms with Crippen molar-refractivity contribution in [3.8, 4) is 11.5 Å². The fraction of sp³-hybridized carbons (Fsp3) is 0.316. The Hall–Kier alpha value is -1.83. The first-order chi connectivity index (χ1) is 12.5. The minimum absolute atomic E-state index is 0. The molecule has 148 valence electrons. The maximum Gasteiger partial charge on any atom is 0.255 e. The second-order valence-corrected chi connectivity index (χ2v) is 6.50. The number of rotatable bonds is 10. The lowest BCUT2D eigenvalue weighted by Gasteiger charge is -2.15. The number of hydrogen-bond donors (Lipinski definition) is 2. The van der Waals surface area contributed by atoms with E-state index >= 15 is 0 Å². The van der Waals surface area contributed by atoms with Gasteiger partial charge in [-0.1, -0.05) is 12.1 Å². The van der Waals surface area contributed by atoms with E-state index in [-0.39, 0.29) is 24.8 Å². The molecular formula is C19H23BrClFN2O3. The molecule has 0 saturated heterocycles. The van der Waals surface area contributed by atoms with Crippen LogP contribution in [0.1, 0.15) is 18.1 Å². The Bertz CT molecular complexity index is 744. The van der Waals surface area contributed by atoms with Crippen LogP contribution < -0.4 is 20.5 Å². The zero-order valence-corrected chi connectivity index (χ0v) is 17.4. The van der Waals surface area contributed by atoms with Gasteiger partial charge in [-0.2, -0.15) is 0 Å². The largest absolute Gasteiger partial charge is 0.490 e. The molecule has 2 aromatic carbocycles. The van der Waals surface area contributed by atoms with E-state index in [0.717, 1.165) is 24.1 Å². The molecule has 0 atom stereocenters. The number of ether oxygens (including phenoxy) is 2. The molecule has 0 aliphatic carbocycles. The summed E-state index contributed by atoms with van der Waals surface area (Å²) < 4.78 is 24.6. The van der Waals surface area contributed by atoms with E-state index in [1.807, 2.05) is 19.1 Å². The number of benzene rings is 2. The van der Waals surface area contributed by atoms with E-state index < -0.39 is 5.91 Å². The van der Waals surface area contributed by atoms with Gasteiger partial charge >= 0.3 is 0 Å². The minimum Gasteiger partial charge on any atom is -0.490 e. The summed E-state index contributed by atoms with van der Waals surface area (Å²) in [6, 6.07) is 10.3. The summed E-state index contributed by atoms with van der Waals surface area (Å²) in [6.45, 7) is 3.53. The highest BCUT2D eigenvalue weighted by Gasteiger charge is 2.13. The molecule has 5 nitrogen and oxygen atoms in total. The molecule has 0 fully saturated rings. The van der Waals surface area contributed by atoms with Crippen molar-refractivity contribution in [3.63, 3.8) is 0 Å². The first-order valence-electron chi connectivity index (χ1n) is 8.31. The van der Waals surface area contributed by atoms with Gasteiger partial charge in [0, 0.05) is 6.54 Å². The topological polar surface area (TPSA) is 73.6 Å². The van der Waals surface area contributed by atoms with Gasteiger partial charge in [0.15, 0.2) is 18.1 Å². The monoisotopic (exact) mass is 460 g/mol. The van der Waals surface area contributed by atoms with Crippen LogP contribution in [0.2, 0.25) is 0 Å². The van der Waals surface area contributed by atoms with E-state index in [2.05, 4.69) is 21.2 Å². The third kappa shape index (κ3) is 7.74. The maximum absolute atomic E-state index is 12.9. The summed E-state index contributed by atoms with van der Waals surface area (Å²) in [4.78, 5) is 10.9. The van der Waals surface area contributed by atoms with Crippen LogP contribution in [0.15, 0.2) is 40.9 Å². The van der Waals surface area contributed by atoms with Crippen LogP contribution >= 0.6 is 28.3 Å². The highest BCUT2D eigenvalue weighted by molar-refractivity contribution is 9.10. The van der Waals surface area contributed by atoms with Crippen molar-refractivity contribution in [1.29, 1.82) is 0 Å². The number of nitrogens with one attached hydrogen (secondary N) is 1. The fourth-order valence-electron chi connectivity index (χ4n) is 2.39. The molecule has 2 rings (SSSR count). The van der Waals surface area contributed by atoms with Crippen LogP contribution in [0.5, 0.6) is 11.5 Å². The quantitative estimate of drug-likeness (QED) is 0.530. The number of amides is 1. The average molecular weight is 462 g/mol. The van der Waals surface area contributed by atoms with E-state index in [1.165, 1.54) is 12.1 Å². The Balaban J connectivity index is 0.00000364. The molecule has 3 N–H and O–H groups in total. The Morgan fingerprint density at radius 3 is 2.52 bits per heavy atom. The second-order valence-electron chi connectivity index (χ2n) is 5.65. The van der Waals surface area contributed by atoms with E-state index in [1.54, 1.807) is 12.1 Å². The first-order valence-corrected chi connectivity index (χ1v) is 9.10. The summed E-state index contributed by atoms with van der Waals surface area (Å²) >= 11 is 3.45. The van der Waals surface area contributed by atoms with Crippen LogP contribution in [0.25, 0.3) is 0 Å². The molecule has 27 heavy (non-hydrogen) atoms. The van der Waals surface area contributed by atoms with Crippen LogP contribution in [-0.4, -0.2) is 25.7 Å². The normalized spacial score (nSPS) is 10.2.